The fraction of sp³-hybridized carbons (Fsp3) is 0. The lowest BCUT2D eigenvalue weighted by molar-refractivity contribution is 0.102. The fourth-order valence-corrected chi connectivity index (χ4v) is 2.02. The predicted octanol–water partition coefficient (Wildman–Crippen LogP) is 4.20. The zero-order valence-electron chi connectivity index (χ0n) is 9.45. The van der Waals surface area contributed by atoms with E-state index in [1.807, 2.05) is 0 Å². The van der Waals surface area contributed by atoms with Crippen molar-refractivity contribution in [3.63, 3.8) is 0 Å². The first-order chi connectivity index (χ1) is 8.99. The van der Waals surface area contributed by atoms with Gasteiger partial charge in [-0.2, -0.15) is 0 Å². The molecule has 0 radical (unpaired) electrons. The Morgan fingerprint density at radius 2 is 2.05 bits per heavy atom. The Labute approximate surface area is 122 Å². The summed E-state index contributed by atoms with van der Waals surface area (Å²) in [4.78, 5) is 11.9. The first-order valence-electron chi connectivity index (χ1n) is 5.23. The molecule has 2 rings (SSSR count). The summed E-state index contributed by atoms with van der Waals surface area (Å²) >= 11 is 9.12. The largest absolute Gasteiger partial charge is 0.507 e. The van der Waals surface area contributed by atoms with Gasteiger partial charge in [-0.25, -0.2) is 4.39 Å². The Hall–Kier alpha value is -1.59. The SMILES string of the molecule is O=C(Nc1cccc(Cl)c1Br)c1cc(F)ccc1O. The molecule has 2 aromatic rings. The summed E-state index contributed by atoms with van der Waals surface area (Å²) in [7, 11) is 0. The Kier molecular flexibility index (Phi) is 4.07. The maximum absolute atomic E-state index is 13.1. The molecule has 0 spiro atoms. The van der Waals surface area contributed by atoms with Gasteiger partial charge in [-0.15, -0.1) is 0 Å². The Morgan fingerprint density at radius 3 is 2.79 bits per heavy atom. The van der Waals surface area contributed by atoms with E-state index in [0.717, 1.165) is 18.2 Å². The van der Waals surface area contributed by atoms with E-state index in [4.69, 9.17) is 11.6 Å². The molecule has 6 heteroatoms. The molecule has 3 nitrogen and oxygen atoms in total. The summed E-state index contributed by atoms with van der Waals surface area (Å²) in [6.07, 6.45) is 0. The van der Waals surface area contributed by atoms with Gasteiger partial charge in [0.05, 0.1) is 20.7 Å². The monoisotopic (exact) mass is 343 g/mol. The molecule has 0 aliphatic rings. The highest BCUT2D eigenvalue weighted by molar-refractivity contribution is 9.10. The molecular weight excluding hydrogens is 337 g/mol. The normalized spacial score (nSPS) is 10.3. The minimum Gasteiger partial charge on any atom is -0.507 e. The third kappa shape index (κ3) is 3.05. The molecule has 0 atom stereocenters. The van der Waals surface area contributed by atoms with Gasteiger partial charge in [0.2, 0.25) is 0 Å². The molecule has 0 aromatic heterocycles. The van der Waals surface area contributed by atoms with Gasteiger partial charge < -0.3 is 10.4 Å². The topological polar surface area (TPSA) is 49.3 Å². The smallest absolute Gasteiger partial charge is 0.259 e. The highest BCUT2D eigenvalue weighted by Crippen LogP contribution is 2.30. The molecule has 0 saturated heterocycles. The van der Waals surface area contributed by atoms with Crippen molar-refractivity contribution in [2.24, 2.45) is 0 Å². The van der Waals surface area contributed by atoms with Gasteiger partial charge in [0.15, 0.2) is 0 Å². The summed E-state index contributed by atoms with van der Waals surface area (Å²) in [5.41, 5.74) is 0.285. The lowest BCUT2D eigenvalue weighted by Crippen LogP contribution is -2.12. The van der Waals surface area contributed by atoms with Crippen LogP contribution in [-0.2, 0) is 0 Å². The number of hydrogen-bond acceptors (Lipinski definition) is 2. The third-order valence-electron chi connectivity index (χ3n) is 2.40. The molecule has 19 heavy (non-hydrogen) atoms. The van der Waals surface area contributed by atoms with Crippen molar-refractivity contribution >= 4 is 39.1 Å². The van der Waals surface area contributed by atoms with E-state index in [1.54, 1.807) is 18.2 Å². The lowest BCUT2D eigenvalue weighted by Gasteiger charge is -2.09. The number of anilines is 1. The van der Waals surface area contributed by atoms with E-state index in [0.29, 0.717) is 15.2 Å². The Morgan fingerprint density at radius 1 is 1.32 bits per heavy atom. The van der Waals surface area contributed by atoms with E-state index in [9.17, 15) is 14.3 Å². The van der Waals surface area contributed by atoms with Crippen molar-refractivity contribution in [1.29, 1.82) is 0 Å². The summed E-state index contributed by atoms with van der Waals surface area (Å²) in [5, 5.41) is 12.5. The molecule has 1 amide bonds. The second kappa shape index (κ2) is 5.59. The van der Waals surface area contributed by atoms with Crippen molar-refractivity contribution < 1.29 is 14.3 Å². The molecule has 0 aliphatic carbocycles. The van der Waals surface area contributed by atoms with E-state index in [-0.39, 0.29) is 11.3 Å². The van der Waals surface area contributed by atoms with Crippen molar-refractivity contribution in [2.45, 2.75) is 0 Å². The molecule has 0 aliphatic heterocycles. The number of carbonyl (C=O) groups is 1. The van der Waals surface area contributed by atoms with Crippen LogP contribution in [0.25, 0.3) is 0 Å². The molecular formula is C13H8BrClFNO2. The van der Waals surface area contributed by atoms with Gasteiger partial charge >= 0.3 is 0 Å². The standard InChI is InChI=1S/C13H8BrClFNO2/c14-12-9(15)2-1-3-10(12)17-13(19)8-6-7(16)4-5-11(8)18/h1-6,18H,(H,17,19). The van der Waals surface area contributed by atoms with Crippen LogP contribution in [0.4, 0.5) is 10.1 Å². The van der Waals surface area contributed by atoms with Crippen molar-refractivity contribution in [3.8, 4) is 5.75 Å². The summed E-state index contributed by atoms with van der Waals surface area (Å²) < 4.78 is 13.6. The number of hydrogen-bond donors (Lipinski definition) is 2. The fourth-order valence-electron chi connectivity index (χ4n) is 1.48. The number of rotatable bonds is 2. The highest BCUT2D eigenvalue weighted by atomic mass is 79.9. The second-order valence-corrected chi connectivity index (χ2v) is 4.92. The van der Waals surface area contributed by atoms with Crippen molar-refractivity contribution in [1.82, 2.24) is 0 Å². The molecule has 0 unspecified atom stereocenters. The third-order valence-corrected chi connectivity index (χ3v) is 3.80. The zero-order valence-corrected chi connectivity index (χ0v) is 11.8. The lowest BCUT2D eigenvalue weighted by atomic mass is 10.1. The van der Waals surface area contributed by atoms with Crippen LogP contribution in [0.3, 0.4) is 0 Å². The van der Waals surface area contributed by atoms with Gasteiger partial charge in [0.1, 0.15) is 11.6 Å². The number of carbonyl (C=O) groups excluding carboxylic acids is 1. The zero-order chi connectivity index (χ0) is 14.0. The van der Waals surface area contributed by atoms with Gasteiger partial charge in [0, 0.05) is 0 Å². The average Bonchev–Trinajstić information content (AvgIpc) is 2.38. The van der Waals surface area contributed by atoms with E-state index in [1.165, 1.54) is 0 Å². The first kappa shape index (κ1) is 13.8. The first-order valence-corrected chi connectivity index (χ1v) is 6.40. The molecule has 2 N–H and O–H groups in total. The van der Waals surface area contributed by atoms with Crippen LogP contribution in [0, 0.1) is 5.82 Å². The van der Waals surface area contributed by atoms with Gasteiger partial charge in [0.25, 0.3) is 5.91 Å². The second-order valence-electron chi connectivity index (χ2n) is 3.72. The molecule has 0 saturated carbocycles. The molecule has 0 bridgehead atoms. The number of phenols is 1. The number of amides is 1. The molecule has 98 valence electrons. The van der Waals surface area contributed by atoms with Crippen LogP contribution >= 0.6 is 27.5 Å². The van der Waals surface area contributed by atoms with Gasteiger partial charge in [-0.1, -0.05) is 17.7 Å². The highest BCUT2D eigenvalue weighted by Gasteiger charge is 2.14. The molecule has 0 heterocycles. The van der Waals surface area contributed by atoms with Gasteiger partial charge in [-0.05, 0) is 46.3 Å². The van der Waals surface area contributed by atoms with Crippen LogP contribution in [-0.4, -0.2) is 11.0 Å². The summed E-state index contributed by atoms with van der Waals surface area (Å²) in [5.74, 6) is -1.52. The number of benzene rings is 2. The van der Waals surface area contributed by atoms with Crippen molar-refractivity contribution in [3.05, 3.63) is 57.3 Å². The van der Waals surface area contributed by atoms with Crippen molar-refractivity contribution in [2.75, 3.05) is 5.32 Å². The average molecular weight is 345 g/mol. The minimum absolute atomic E-state index is 0.146. The van der Waals surface area contributed by atoms with Gasteiger partial charge in [-0.3, -0.25) is 4.79 Å². The van der Waals surface area contributed by atoms with Crippen LogP contribution in [0.5, 0.6) is 5.75 Å². The predicted molar refractivity (Wildman–Crippen MR) is 75.2 cm³/mol. The number of phenolic OH excluding ortho intramolecular Hbond substituents is 1. The van der Waals surface area contributed by atoms with E-state index >= 15 is 0 Å². The van der Waals surface area contributed by atoms with Crippen LogP contribution < -0.4 is 5.32 Å². The Bertz CT molecular complexity index is 649. The minimum atomic E-state index is -0.625. The number of aromatic hydroxyl groups is 1. The maximum atomic E-state index is 13.1. The number of halogens is 3. The van der Waals surface area contributed by atoms with Crippen LogP contribution in [0.15, 0.2) is 40.9 Å². The van der Waals surface area contributed by atoms with E-state index in [2.05, 4.69) is 21.2 Å². The summed E-state index contributed by atoms with van der Waals surface area (Å²) in [6, 6.07) is 8.10. The summed E-state index contributed by atoms with van der Waals surface area (Å²) in [6.45, 7) is 0. The molecule has 2 aromatic carbocycles. The van der Waals surface area contributed by atoms with E-state index < -0.39 is 11.7 Å². The van der Waals surface area contributed by atoms with Crippen LogP contribution in [0.1, 0.15) is 10.4 Å². The van der Waals surface area contributed by atoms with Crippen LogP contribution in [0.2, 0.25) is 5.02 Å². The number of nitrogens with one attached hydrogen (secondary N) is 1. The maximum Gasteiger partial charge on any atom is 0.259 e. The molecule has 0 fully saturated rings. The Balaban J connectivity index is 2.31. The quantitative estimate of drug-likeness (QED) is 0.858.